The first-order valence-electron chi connectivity index (χ1n) is 9.14. The average Bonchev–Trinajstić information content (AvgIpc) is 3.00. The molecule has 0 N–H and O–H groups in total. The molecule has 0 spiro atoms. The van der Waals surface area contributed by atoms with E-state index in [2.05, 4.69) is 9.84 Å². The molecule has 2 aromatic heterocycles. The van der Waals surface area contributed by atoms with Crippen molar-refractivity contribution in [3.8, 4) is 11.3 Å². The topological polar surface area (TPSA) is 77.3 Å². The molecule has 0 atom stereocenters. The summed E-state index contributed by atoms with van der Waals surface area (Å²) in [5.41, 5.74) is 3.66. The van der Waals surface area contributed by atoms with Crippen LogP contribution in [0.25, 0.3) is 22.3 Å². The number of nitrogens with zero attached hydrogens (tertiary/aromatic N) is 4. The Kier molecular flexibility index (Phi) is 5.73. The Labute approximate surface area is 163 Å². The number of esters is 1. The van der Waals surface area contributed by atoms with Gasteiger partial charge < -0.3 is 9.64 Å². The van der Waals surface area contributed by atoms with Crippen molar-refractivity contribution >= 4 is 22.9 Å². The Morgan fingerprint density at radius 2 is 1.93 bits per heavy atom. The molecule has 0 fully saturated rings. The van der Waals surface area contributed by atoms with E-state index in [0.29, 0.717) is 24.2 Å². The molecule has 3 rings (SSSR count). The number of hydrogen-bond acceptors (Lipinski definition) is 5. The van der Waals surface area contributed by atoms with Crippen molar-refractivity contribution in [1.82, 2.24) is 19.7 Å². The molecule has 0 saturated heterocycles. The lowest BCUT2D eigenvalue weighted by Crippen LogP contribution is -2.28. The number of ether oxygens (including phenoxy) is 1. The van der Waals surface area contributed by atoms with Crippen LogP contribution in [0.15, 0.2) is 36.4 Å². The zero-order chi connectivity index (χ0) is 20.3. The Balaban J connectivity index is 1.99. The highest BCUT2D eigenvalue weighted by atomic mass is 16.5. The van der Waals surface area contributed by atoms with Gasteiger partial charge in [0, 0.05) is 32.6 Å². The van der Waals surface area contributed by atoms with Crippen molar-refractivity contribution in [2.45, 2.75) is 19.8 Å². The van der Waals surface area contributed by atoms with Crippen LogP contribution < -0.4 is 0 Å². The summed E-state index contributed by atoms with van der Waals surface area (Å²) in [6.45, 7) is 2.33. The molecular weight excluding hydrogens is 356 g/mol. The highest BCUT2D eigenvalue weighted by Crippen LogP contribution is 2.27. The lowest BCUT2D eigenvalue weighted by atomic mass is 10.0. The highest BCUT2D eigenvalue weighted by molar-refractivity contribution is 6.07. The molecule has 2 heterocycles. The second kappa shape index (κ2) is 8.21. The largest absolute Gasteiger partial charge is 0.469 e. The lowest BCUT2D eigenvalue weighted by Gasteiger charge is -2.18. The molecule has 0 aliphatic heterocycles. The zero-order valence-electron chi connectivity index (χ0n) is 16.6. The fourth-order valence-corrected chi connectivity index (χ4v) is 3.24. The van der Waals surface area contributed by atoms with Gasteiger partial charge in [-0.2, -0.15) is 5.10 Å². The predicted octanol–water partition coefficient (Wildman–Crippen LogP) is 2.97. The van der Waals surface area contributed by atoms with Gasteiger partial charge in [0.2, 0.25) is 0 Å². The molecule has 7 heteroatoms. The fraction of sp³-hybridized carbons (Fsp3) is 0.333. The quantitative estimate of drug-likeness (QED) is 0.615. The molecule has 7 nitrogen and oxygen atoms in total. The molecular formula is C21H24N4O3. The van der Waals surface area contributed by atoms with Gasteiger partial charge >= 0.3 is 5.97 Å². The van der Waals surface area contributed by atoms with Crippen molar-refractivity contribution in [1.29, 1.82) is 0 Å². The molecule has 0 saturated carbocycles. The molecule has 0 aliphatic rings. The second-order valence-corrected chi connectivity index (χ2v) is 6.74. The van der Waals surface area contributed by atoms with Gasteiger partial charge in [-0.05, 0) is 19.4 Å². The molecule has 1 aromatic carbocycles. The Hall–Kier alpha value is -3.22. The molecule has 0 bridgehead atoms. The minimum Gasteiger partial charge on any atom is -0.469 e. The van der Waals surface area contributed by atoms with Gasteiger partial charge in [-0.1, -0.05) is 30.3 Å². The highest BCUT2D eigenvalue weighted by Gasteiger charge is 2.21. The molecule has 0 unspecified atom stereocenters. The van der Waals surface area contributed by atoms with Crippen LogP contribution in [-0.2, 0) is 16.6 Å². The zero-order valence-corrected chi connectivity index (χ0v) is 16.6. The van der Waals surface area contributed by atoms with Gasteiger partial charge in [0.1, 0.15) is 0 Å². The van der Waals surface area contributed by atoms with Gasteiger partial charge in [-0.3, -0.25) is 14.3 Å². The summed E-state index contributed by atoms with van der Waals surface area (Å²) in [5.74, 6) is -0.396. The summed E-state index contributed by atoms with van der Waals surface area (Å²) in [7, 11) is 4.92. The third kappa shape index (κ3) is 3.88. The van der Waals surface area contributed by atoms with Crippen molar-refractivity contribution in [3.63, 3.8) is 0 Å². The molecule has 0 radical (unpaired) electrons. The predicted molar refractivity (Wildman–Crippen MR) is 107 cm³/mol. The van der Waals surface area contributed by atoms with Gasteiger partial charge in [-0.15, -0.1) is 0 Å². The SMILES string of the molecule is COC(=O)CCCN(C)C(=O)c1cc(-c2ccccc2)nc2c1c(C)nn2C. The Morgan fingerprint density at radius 1 is 1.21 bits per heavy atom. The van der Waals surface area contributed by atoms with Crippen LogP contribution in [0.2, 0.25) is 0 Å². The van der Waals surface area contributed by atoms with E-state index in [1.165, 1.54) is 7.11 Å². The van der Waals surface area contributed by atoms with Crippen LogP contribution in [0.3, 0.4) is 0 Å². The van der Waals surface area contributed by atoms with E-state index >= 15 is 0 Å². The number of methoxy groups -OCH3 is 1. The van der Waals surface area contributed by atoms with Crippen molar-refractivity contribution in [2.24, 2.45) is 7.05 Å². The fourth-order valence-electron chi connectivity index (χ4n) is 3.24. The van der Waals surface area contributed by atoms with Crippen molar-refractivity contribution in [3.05, 3.63) is 47.7 Å². The summed E-state index contributed by atoms with van der Waals surface area (Å²) in [5, 5.41) is 5.20. The number of rotatable bonds is 6. The second-order valence-electron chi connectivity index (χ2n) is 6.74. The number of carbonyl (C=O) groups is 2. The van der Waals surface area contributed by atoms with Crippen LogP contribution in [0.4, 0.5) is 0 Å². The number of aromatic nitrogens is 3. The number of aryl methyl sites for hydroxylation is 2. The van der Waals surface area contributed by atoms with E-state index in [-0.39, 0.29) is 18.3 Å². The van der Waals surface area contributed by atoms with Crippen LogP contribution in [-0.4, -0.2) is 52.2 Å². The first-order valence-corrected chi connectivity index (χ1v) is 9.14. The number of amides is 1. The molecule has 28 heavy (non-hydrogen) atoms. The summed E-state index contributed by atoms with van der Waals surface area (Å²) in [6, 6.07) is 11.6. The van der Waals surface area contributed by atoms with E-state index in [1.807, 2.05) is 50.4 Å². The lowest BCUT2D eigenvalue weighted by molar-refractivity contribution is -0.140. The molecule has 3 aromatic rings. The number of carbonyl (C=O) groups excluding carboxylic acids is 2. The minimum absolute atomic E-state index is 0.120. The Morgan fingerprint density at radius 3 is 2.61 bits per heavy atom. The van der Waals surface area contributed by atoms with Gasteiger partial charge in [-0.25, -0.2) is 4.98 Å². The monoisotopic (exact) mass is 380 g/mol. The number of hydrogen-bond donors (Lipinski definition) is 0. The average molecular weight is 380 g/mol. The molecule has 146 valence electrons. The summed E-state index contributed by atoms with van der Waals surface area (Å²) >= 11 is 0. The first kappa shape index (κ1) is 19.5. The standard InChI is InChI=1S/C21H24N4O3/c1-14-19-16(21(27)24(2)12-8-11-18(26)28-4)13-17(15-9-6-5-7-10-15)22-20(19)25(3)23-14/h5-7,9-10,13H,8,11-12H2,1-4H3. The van der Waals surface area contributed by atoms with Crippen LogP contribution in [0, 0.1) is 6.92 Å². The maximum absolute atomic E-state index is 13.2. The molecule has 0 aliphatic carbocycles. The van der Waals surface area contributed by atoms with E-state index in [0.717, 1.165) is 22.3 Å². The first-order chi connectivity index (χ1) is 13.4. The smallest absolute Gasteiger partial charge is 0.305 e. The van der Waals surface area contributed by atoms with Crippen molar-refractivity contribution in [2.75, 3.05) is 20.7 Å². The summed E-state index contributed by atoms with van der Waals surface area (Å²) in [4.78, 5) is 30.9. The van der Waals surface area contributed by atoms with Crippen molar-refractivity contribution < 1.29 is 14.3 Å². The number of benzene rings is 1. The van der Waals surface area contributed by atoms with E-state index < -0.39 is 0 Å². The Bertz CT molecular complexity index is 1010. The summed E-state index contributed by atoms with van der Waals surface area (Å²) < 4.78 is 6.36. The van der Waals surface area contributed by atoms with E-state index in [9.17, 15) is 9.59 Å². The third-order valence-electron chi connectivity index (χ3n) is 4.72. The number of pyridine rings is 1. The number of fused-ring (bicyclic) bond motifs is 1. The third-order valence-corrected chi connectivity index (χ3v) is 4.72. The summed E-state index contributed by atoms with van der Waals surface area (Å²) in [6.07, 6.45) is 0.821. The van der Waals surface area contributed by atoms with Gasteiger partial charge in [0.05, 0.1) is 29.4 Å². The van der Waals surface area contributed by atoms with E-state index in [1.54, 1.807) is 16.6 Å². The van der Waals surface area contributed by atoms with E-state index in [4.69, 9.17) is 4.98 Å². The normalized spacial score (nSPS) is 10.9. The maximum atomic E-state index is 13.2. The van der Waals surface area contributed by atoms with Crippen LogP contribution in [0.1, 0.15) is 28.9 Å². The maximum Gasteiger partial charge on any atom is 0.305 e. The van der Waals surface area contributed by atoms with Gasteiger partial charge in [0.25, 0.3) is 5.91 Å². The van der Waals surface area contributed by atoms with Crippen LogP contribution >= 0.6 is 0 Å². The van der Waals surface area contributed by atoms with Crippen LogP contribution in [0.5, 0.6) is 0 Å². The van der Waals surface area contributed by atoms with Gasteiger partial charge in [0.15, 0.2) is 5.65 Å². The minimum atomic E-state index is -0.276. The molecule has 1 amide bonds.